The first kappa shape index (κ1) is 16.3. The van der Waals surface area contributed by atoms with Crippen LogP contribution in [0.25, 0.3) is 11.2 Å². The molecular formula is C15H25ClN4O. The second-order valence-electron chi connectivity index (χ2n) is 6.23. The van der Waals surface area contributed by atoms with Crippen molar-refractivity contribution in [1.29, 1.82) is 0 Å². The molecule has 0 atom stereocenters. The number of rotatable bonds is 7. The van der Waals surface area contributed by atoms with Crippen LogP contribution in [0.2, 0.25) is 0 Å². The van der Waals surface area contributed by atoms with E-state index in [0.717, 1.165) is 48.8 Å². The third-order valence-corrected chi connectivity index (χ3v) is 4.11. The van der Waals surface area contributed by atoms with Gasteiger partial charge >= 0.3 is 0 Å². The molecule has 0 amide bonds. The minimum Gasteiger partial charge on any atom is -0.385 e. The fourth-order valence-corrected chi connectivity index (χ4v) is 2.85. The molecule has 0 spiro atoms. The van der Waals surface area contributed by atoms with E-state index in [2.05, 4.69) is 35.4 Å². The Hall–Kier alpha value is -1.07. The van der Waals surface area contributed by atoms with Gasteiger partial charge < -0.3 is 9.30 Å². The molecule has 6 heteroatoms. The van der Waals surface area contributed by atoms with E-state index in [9.17, 15) is 0 Å². The Bertz CT molecular complexity index is 615. The second-order valence-corrected chi connectivity index (χ2v) is 6.50. The van der Waals surface area contributed by atoms with Crippen LogP contribution in [0.15, 0.2) is 0 Å². The van der Waals surface area contributed by atoms with Crippen molar-refractivity contribution in [2.24, 2.45) is 5.41 Å². The minimum atomic E-state index is 0.112. The molecule has 2 aromatic rings. The minimum absolute atomic E-state index is 0.112. The van der Waals surface area contributed by atoms with Crippen LogP contribution in [0, 0.1) is 12.3 Å². The molecule has 2 rings (SSSR count). The maximum absolute atomic E-state index is 6.10. The van der Waals surface area contributed by atoms with Crippen molar-refractivity contribution in [3.05, 3.63) is 11.5 Å². The van der Waals surface area contributed by atoms with Gasteiger partial charge in [-0.15, -0.1) is 11.6 Å². The Morgan fingerprint density at radius 1 is 1.33 bits per heavy atom. The van der Waals surface area contributed by atoms with Gasteiger partial charge in [0.2, 0.25) is 0 Å². The molecule has 0 aliphatic rings. The number of hydrogen-bond acceptors (Lipinski definition) is 3. The van der Waals surface area contributed by atoms with Crippen LogP contribution in [0.1, 0.15) is 38.7 Å². The largest absolute Gasteiger partial charge is 0.385 e. The van der Waals surface area contributed by atoms with E-state index in [-0.39, 0.29) is 5.41 Å². The van der Waals surface area contributed by atoms with Crippen LogP contribution in [-0.2, 0) is 23.7 Å². The molecular weight excluding hydrogens is 288 g/mol. The molecule has 5 nitrogen and oxygen atoms in total. The second kappa shape index (κ2) is 6.36. The van der Waals surface area contributed by atoms with Crippen molar-refractivity contribution >= 4 is 22.8 Å². The van der Waals surface area contributed by atoms with Crippen molar-refractivity contribution in [2.75, 3.05) is 13.7 Å². The zero-order valence-corrected chi connectivity index (χ0v) is 14.4. The number of nitrogens with zero attached hydrogens (tertiary/aromatic N) is 4. The number of methoxy groups -OCH3 is 1. The first-order chi connectivity index (χ1) is 9.93. The highest BCUT2D eigenvalue weighted by Gasteiger charge is 2.24. The lowest BCUT2D eigenvalue weighted by Gasteiger charge is -2.26. The Labute approximate surface area is 131 Å². The zero-order valence-electron chi connectivity index (χ0n) is 13.6. The fourth-order valence-electron chi connectivity index (χ4n) is 2.64. The van der Waals surface area contributed by atoms with E-state index in [1.54, 1.807) is 7.11 Å². The SMILES string of the molecule is CCn1nc(C)c2nc(CCl)n(CC(C)(C)CCOC)c21. The van der Waals surface area contributed by atoms with E-state index in [1.807, 2.05) is 11.6 Å². The maximum atomic E-state index is 6.10. The molecule has 0 aliphatic carbocycles. The lowest BCUT2D eigenvalue weighted by Crippen LogP contribution is -2.23. The molecule has 2 heterocycles. The monoisotopic (exact) mass is 312 g/mol. The van der Waals surface area contributed by atoms with Crippen LogP contribution in [0.5, 0.6) is 0 Å². The van der Waals surface area contributed by atoms with Crippen LogP contribution in [0.4, 0.5) is 0 Å². The van der Waals surface area contributed by atoms with Gasteiger partial charge in [0.15, 0.2) is 5.65 Å². The molecule has 2 aromatic heterocycles. The van der Waals surface area contributed by atoms with E-state index in [4.69, 9.17) is 16.3 Å². The highest BCUT2D eigenvalue weighted by molar-refractivity contribution is 6.16. The van der Waals surface area contributed by atoms with Crippen molar-refractivity contribution in [3.8, 4) is 0 Å². The molecule has 21 heavy (non-hydrogen) atoms. The van der Waals surface area contributed by atoms with Crippen molar-refractivity contribution < 1.29 is 4.74 Å². The van der Waals surface area contributed by atoms with Crippen LogP contribution in [-0.4, -0.2) is 33.0 Å². The smallest absolute Gasteiger partial charge is 0.158 e. The standard InChI is InChI=1S/C15H25ClN4O/c1-6-20-14-13(11(2)18-20)17-12(9-16)19(14)10-15(3,4)7-8-21-5/h6-10H2,1-5H3. The fraction of sp³-hybridized carbons (Fsp3) is 0.733. The van der Waals surface area contributed by atoms with E-state index in [1.165, 1.54) is 0 Å². The molecule has 0 saturated heterocycles. The summed E-state index contributed by atoms with van der Waals surface area (Å²) in [6.45, 7) is 11.0. The van der Waals surface area contributed by atoms with Crippen molar-refractivity contribution in [3.63, 3.8) is 0 Å². The lowest BCUT2D eigenvalue weighted by atomic mass is 9.89. The molecule has 0 fully saturated rings. The zero-order chi connectivity index (χ0) is 15.6. The number of aromatic nitrogens is 4. The number of imidazole rings is 1. The van der Waals surface area contributed by atoms with Gasteiger partial charge in [-0.05, 0) is 25.7 Å². The Balaban J connectivity index is 2.45. The summed E-state index contributed by atoms with van der Waals surface area (Å²) < 4.78 is 9.46. The average molecular weight is 313 g/mol. The highest BCUT2D eigenvalue weighted by atomic mass is 35.5. The van der Waals surface area contributed by atoms with Gasteiger partial charge in [-0.25, -0.2) is 9.67 Å². The summed E-state index contributed by atoms with van der Waals surface area (Å²) in [4.78, 5) is 4.68. The summed E-state index contributed by atoms with van der Waals surface area (Å²) in [7, 11) is 1.74. The van der Waals surface area contributed by atoms with Gasteiger partial charge in [0, 0.05) is 26.8 Å². The van der Waals surface area contributed by atoms with E-state index >= 15 is 0 Å². The summed E-state index contributed by atoms with van der Waals surface area (Å²) in [6, 6.07) is 0. The summed E-state index contributed by atoms with van der Waals surface area (Å²) in [5.74, 6) is 1.33. The Morgan fingerprint density at radius 2 is 2.05 bits per heavy atom. The number of halogens is 1. The van der Waals surface area contributed by atoms with E-state index in [0.29, 0.717) is 5.88 Å². The predicted octanol–water partition coefficient (Wildman–Crippen LogP) is 3.36. The molecule has 0 saturated carbocycles. The van der Waals surface area contributed by atoms with Gasteiger partial charge in [-0.1, -0.05) is 13.8 Å². The van der Waals surface area contributed by atoms with Gasteiger partial charge in [0.05, 0.1) is 11.6 Å². The highest BCUT2D eigenvalue weighted by Crippen LogP contribution is 2.28. The quantitative estimate of drug-likeness (QED) is 0.736. The van der Waals surface area contributed by atoms with E-state index < -0.39 is 0 Å². The summed E-state index contributed by atoms with van der Waals surface area (Å²) >= 11 is 6.10. The summed E-state index contributed by atoms with van der Waals surface area (Å²) in [6.07, 6.45) is 0.990. The number of ether oxygens (including phenoxy) is 1. The molecule has 0 bridgehead atoms. The third kappa shape index (κ3) is 3.24. The Morgan fingerprint density at radius 3 is 2.62 bits per heavy atom. The number of alkyl halides is 1. The maximum Gasteiger partial charge on any atom is 0.158 e. The van der Waals surface area contributed by atoms with Crippen molar-refractivity contribution in [1.82, 2.24) is 19.3 Å². The molecule has 0 radical (unpaired) electrons. The number of fused-ring (bicyclic) bond motifs is 1. The van der Waals surface area contributed by atoms with Gasteiger partial charge in [-0.3, -0.25) is 0 Å². The third-order valence-electron chi connectivity index (χ3n) is 3.87. The first-order valence-corrected chi connectivity index (χ1v) is 7.94. The normalized spacial score (nSPS) is 12.5. The topological polar surface area (TPSA) is 44.9 Å². The first-order valence-electron chi connectivity index (χ1n) is 7.41. The van der Waals surface area contributed by atoms with Crippen LogP contribution >= 0.6 is 11.6 Å². The van der Waals surface area contributed by atoms with Crippen molar-refractivity contribution in [2.45, 2.75) is 53.1 Å². The van der Waals surface area contributed by atoms with Gasteiger partial charge in [0.25, 0.3) is 0 Å². The molecule has 0 N–H and O–H groups in total. The lowest BCUT2D eigenvalue weighted by molar-refractivity contribution is 0.142. The van der Waals surface area contributed by atoms with Crippen LogP contribution in [0.3, 0.4) is 0 Å². The molecule has 0 aliphatic heterocycles. The van der Waals surface area contributed by atoms with Gasteiger partial charge in [-0.2, -0.15) is 5.10 Å². The van der Waals surface area contributed by atoms with Crippen LogP contribution < -0.4 is 0 Å². The molecule has 0 unspecified atom stereocenters. The number of aryl methyl sites for hydroxylation is 2. The Kier molecular flexibility index (Phi) is 4.94. The van der Waals surface area contributed by atoms with Gasteiger partial charge in [0.1, 0.15) is 11.3 Å². The summed E-state index contributed by atoms with van der Waals surface area (Å²) in [5.41, 5.74) is 3.12. The number of hydrogen-bond donors (Lipinski definition) is 0. The summed E-state index contributed by atoms with van der Waals surface area (Å²) in [5, 5.41) is 4.56. The molecule has 0 aromatic carbocycles. The predicted molar refractivity (Wildman–Crippen MR) is 85.8 cm³/mol. The average Bonchev–Trinajstić information content (AvgIpc) is 2.95. The molecule has 118 valence electrons.